The van der Waals surface area contributed by atoms with E-state index >= 15 is 0 Å². The maximum absolute atomic E-state index is 9.81. The molecule has 0 saturated heterocycles. The van der Waals surface area contributed by atoms with E-state index in [9.17, 15) is 8.15 Å². The number of rotatable bonds is 6. The van der Waals surface area contributed by atoms with Gasteiger partial charge < -0.3 is 0 Å². The molecule has 1 N–H and O–H groups in total. The molecule has 8 aromatic carbocycles. The van der Waals surface area contributed by atoms with Gasteiger partial charge in [0.1, 0.15) is 6.34 Å². The first-order valence-electron chi connectivity index (χ1n) is 25.9. The Morgan fingerprint density at radius 1 is 0.491 bits per heavy atom. The largest absolute Gasteiger partial charge is 0.300 e. The van der Waals surface area contributed by atoms with E-state index in [1.807, 2.05) is 66.7 Å². The van der Waals surface area contributed by atoms with Crippen molar-refractivity contribution in [1.82, 2.24) is 9.13 Å². The molecule has 10 rings (SSSR count). The van der Waals surface area contributed by atoms with Crippen LogP contribution in [-0.4, -0.2) is 35.3 Å². The number of nitrogens with one attached hydrogen (secondary N) is 1. The van der Waals surface area contributed by atoms with Gasteiger partial charge in [-0.3, -0.25) is 14.5 Å². The second-order valence-corrected chi connectivity index (χ2v) is 16.8. The fourth-order valence-electron chi connectivity index (χ4n) is 7.56. The molecule has 270 valence electrons. The SMILES string of the molecule is [2H]c1c([2H])c([2H])c2c(c1[2H])c1c([2H])c([2H])c([2H])c([2H])c1n2/C=N/C(=NC(=N)c1cccc([Si](c2ccccc2)(c2ccccc2)c2ccccc2)c1)n1c2c([2H])c([2H])c([2H])c([2H])c2c2c([2H])c([2H])c([2H])c([2H])c21. The molecule has 6 heteroatoms. The molecule has 0 saturated carbocycles. The molecular formula is C51H37N5Si. The summed E-state index contributed by atoms with van der Waals surface area (Å²) < 4.78 is 143. The van der Waals surface area contributed by atoms with Crippen molar-refractivity contribution in [2.75, 3.05) is 0 Å². The van der Waals surface area contributed by atoms with Crippen molar-refractivity contribution in [2.24, 2.45) is 9.98 Å². The lowest BCUT2D eigenvalue weighted by atomic mass is 10.2. The number of benzene rings is 8. The topological polar surface area (TPSA) is 58.4 Å². The van der Waals surface area contributed by atoms with Crippen LogP contribution in [0.25, 0.3) is 43.6 Å². The van der Waals surface area contributed by atoms with Crippen LogP contribution in [0.2, 0.25) is 0 Å². The minimum Gasteiger partial charge on any atom is -0.300 e. The minimum absolute atomic E-state index is 0.231. The summed E-state index contributed by atoms with van der Waals surface area (Å²) in [5.41, 5.74) is -1.17. The summed E-state index contributed by atoms with van der Waals surface area (Å²) in [5.74, 6) is -1.10. The van der Waals surface area contributed by atoms with E-state index < -0.39 is 117 Å². The number of aliphatic imine (C=N–C) groups is 2. The molecule has 0 fully saturated rings. The summed E-state index contributed by atoms with van der Waals surface area (Å²) >= 11 is 0. The zero-order valence-electron chi connectivity index (χ0n) is 45.8. The summed E-state index contributed by atoms with van der Waals surface area (Å²) in [6.45, 7) is 0. The van der Waals surface area contributed by atoms with Crippen molar-refractivity contribution < 1.29 is 21.9 Å². The number of para-hydroxylation sites is 4. The van der Waals surface area contributed by atoms with Crippen LogP contribution in [0.3, 0.4) is 0 Å². The molecule has 2 heterocycles. The van der Waals surface area contributed by atoms with Crippen LogP contribution in [0.4, 0.5) is 0 Å². The second-order valence-electron chi connectivity index (χ2n) is 13.0. The zero-order valence-corrected chi connectivity index (χ0v) is 30.8. The molecule has 0 aliphatic heterocycles. The first-order chi connectivity index (χ1) is 34.9. The molecule has 0 amide bonds. The van der Waals surface area contributed by atoms with Gasteiger partial charge in [0.2, 0.25) is 5.96 Å². The molecule has 5 nitrogen and oxygen atoms in total. The summed E-state index contributed by atoms with van der Waals surface area (Å²) in [7, 11) is -3.21. The highest BCUT2D eigenvalue weighted by Gasteiger charge is 2.41. The maximum atomic E-state index is 9.81. The van der Waals surface area contributed by atoms with Crippen LogP contribution in [0, 0.1) is 5.41 Å². The van der Waals surface area contributed by atoms with Gasteiger partial charge in [-0.05, 0) is 44.9 Å². The van der Waals surface area contributed by atoms with Gasteiger partial charge >= 0.3 is 0 Å². The van der Waals surface area contributed by atoms with Gasteiger partial charge in [0.05, 0.1) is 44.0 Å². The minimum atomic E-state index is -3.21. The maximum Gasteiger partial charge on any atom is 0.238 e. The molecule has 2 aromatic heterocycles. The summed E-state index contributed by atoms with van der Waals surface area (Å²) in [4.78, 5) is 9.43. The lowest BCUT2D eigenvalue weighted by Gasteiger charge is -2.34. The molecule has 0 aliphatic rings. The van der Waals surface area contributed by atoms with Crippen molar-refractivity contribution in [1.29, 1.82) is 5.41 Å². The summed E-state index contributed by atoms with van der Waals surface area (Å²) in [6.07, 6.45) is 0.946. The second kappa shape index (κ2) is 14.3. The Labute approximate surface area is 354 Å². The third-order valence-electron chi connectivity index (χ3n) is 9.99. The monoisotopic (exact) mass is 763 g/mol. The molecule has 10 aromatic rings. The number of aromatic nitrogens is 2. The van der Waals surface area contributed by atoms with Crippen LogP contribution >= 0.6 is 0 Å². The van der Waals surface area contributed by atoms with Crippen LogP contribution in [0.15, 0.2) is 222 Å². The standard InChI is InChI=1S/C51H37N5Si/c52-50(37-19-18-26-41(35-37)57(38-20-4-1-5-21-38,39-22-6-2-7-23-39)40-24-8-3-9-25-40)54-51(56-48-33-16-12-29-44(48)45-30-13-17-34-49(45)56)53-36-55-46-31-14-10-27-42(46)43-28-11-15-32-47(43)55/h1-36,52H/b52-50?,53-36+,54-51?/i10D,11D,12D,13D,14D,15D,16D,17D,27D,28D,29D,30D,31D,32D,33D,34D. The van der Waals surface area contributed by atoms with E-state index in [1.165, 1.54) is 0 Å². The highest BCUT2D eigenvalue weighted by molar-refractivity contribution is 7.19. The number of hydrogen-bond donors (Lipinski definition) is 1. The normalized spacial score (nSPS) is 16.2. The van der Waals surface area contributed by atoms with Crippen molar-refractivity contribution >= 4 is 90.6 Å². The number of fused-ring (bicyclic) bond motifs is 6. The van der Waals surface area contributed by atoms with E-state index in [4.69, 9.17) is 24.2 Å². The van der Waals surface area contributed by atoms with Gasteiger partial charge in [-0.1, -0.05) is 188 Å². The Hall–Kier alpha value is -7.41. The Morgan fingerprint density at radius 3 is 1.37 bits per heavy atom. The lowest BCUT2D eigenvalue weighted by Crippen LogP contribution is -2.74. The predicted molar refractivity (Wildman–Crippen MR) is 242 cm³/mol. The van der Waals surface area contributed by atoms with Crippen LogP contribution in [0.5, 0.6) is 0 Å². The first kappa shape index (κ1) is 21.0. The quantitative estimate of drug-likeness (QED) is 0.0761. The van der Waals surface area contributed by atoms with Crippen molar-refractivity contribution in [3.63, 3.8) is 0 Å². The first-order valence-corrected chi connectivity index (χ1v) is 19.9. The summed E-state index contributed by atoms with van der Waals surface area (Å²) in [6, 6.07) is 26.4. The van der Waals surface area contributed by atoms with Crippen molar-refractivity contribution in [2.45, 2.75) is 0 Å². The molecule has 0 aliphatic carbocycles. The van der Waals surface area contributed by atoms with Crippen LogP contribution < -0.4 is 20.7 Å². The molecule has 0 unspecified atom stereocenters. The van der Waals surface area contributed by atoms with E-state index in [2.05, 4.69) is 41.4 Å². The third kappa shape index (κ3) is 5.74. The Morgan fingerprint density at radius 2 is 0.895 bits per heavy atom. The van der Waals surface area contributed by atoms with E-state index in [0.29, 0.717) is 0 Å². The van der Waals surface area contributed by atoms with Crippen LogP contribution in [0.1, 0.15) is 27.5 Å². The van der Waals surface area contributed by atoms with Crippen LogP contribution in [-0.2, 0) is 0 Å². The molecule has 0 atom stereocenters. The van der Waals surface area contributed by atoms with Gasteiger partial charge in [0.25, 0.3) is 0 Å². The fourth-order valence-corrected chi connectivity index (χ4v) is 12.4. The average Bonchev–Trinajstić information content (AvgIpc) is 3.95. The van der Waals surface area contributed by atoms with E-state index in [-0.39, 0.29) is 49.2 Å². The van der Waals surface area contributed by atoms with Crippen molar-refractivity contribution in [3.8, 4) is 0 Å². The van der Waals surface area contributed by atoms with E-state index in [0.717, 1.165) is 36.2 Å². The molecular weight excluding hydrogens is 711 g/mol. The number of hydrogen-bond acceptors (Lipinski definition) is 1. The van der Waals surface area contributed by atoms with Gasteiger partial charge in [-0.25, -0.2) is 4.99 Å². The summed E-state index contributed by atoms with van der Waals surface area (Å²) in [5, 5.41) is 12.6. The Kier molecular flexibility index (Phi) is 5.29. The zero-order chi connectivity index (χ0) is 52.1. The van der Waals surface area contributed by atoms with Gasteiger partial charge in [-0.2, -0.15) is 4.99 Å². The van der Waals surface area contributed by atoms with Gasteiger partial charge in [-0.15, -0.1) is 0 Å². The van der Waals surface area contributed by atoms with E-state index in [1.54, 1.807) is 12.1 Å². The number of nitrogens with zero attached hydrogens (tertiary/aromatic N) is 4. The Bertz CT molecular complexity index is 3820. The highest BCUT2D eigenvalue weighted by atomic mass is 28.3. The predicted octanol–water partition coefficient (Wildman–Crippen LogP) is 9.09. The molecule has 57 heavy (non-hydrogen) atoms. The smallest absolute Gasteiger partial charge is 0.238 e. The van der Waals surface area contributed by atoms with Crippen molar-refractivity contribution in [3.05, 3.63) is 218 Å². The van der Waals surface area contributed by atoms with Gasteiger partial charge in [0.15, 0.2) is 13.9 Å². The average molecular weight is 764 g/mol. The highest BCUT2D eigenvalue weighted by Crippen LogP contribution is 2.30. The molecule has 0 radical (unpaired) electrons. The Balaban J connectivity index is 1.33. The third-order valence-corrected chi connectivity index (χ3v) is 14.8. The fraction of sp³-hybridized carbons (Fsp3) is 0. The number of amidine groups is 1. The molecule has 0 spiro atoms. The van der Waals surface area contributed by atoms with Gasteiger partial charge in [0, 0.05) is 27.1 Å². The lowest BCUT2D eigenvalue weighted by molar-refractivity contribution is 1.21. The molecule has 0 bridgehead atoms.